The van der Waals surface area contributed by atoms with Gasteiger partial charge in [-0.25, -0.2) is 0 Å². The molecule has 0 fully saturated rings. The third-order valence-electron chi connectivity index (χ3n) is 2.87. The van der Waals surface area contributed by atoms with Crippen LogP contribution in [-0.4, -0.2) is 30.9 Å². The van der Waals surface area contributed by atoms with Crippen LogP contribution in [0.1, 0.15) is 25.2 Å². The summed E-state index contributed by atoms with van der Waals surface area (Å²) < 4.78 is 5.22. The third kappa shape index (κ3) is 3.89. The highest BCUT2D eigenvalue weighted by atomic mass is 16.3. The van der Waals surface area contributed by atoms with E-state index in [2.05, 4.69) is 5.32 Å². The molecule has 1 atom stereocenters. The number of rotatable bonds is 6. The number of carbonyl (C=O) groups is 1. The first-order chi connectivity index (χ1) is 8.06. The Morgan fingerprint density at radius 3 is 2.82 bits per heavy atom. The zero-order valence-corrected chi connectivity index (χ0v) is 11.1. The Bertz CT molecular complexity index is 360. The van der Waals surface area contributed by atoms with E-state index >= 15 is 0 Å². The van der Waals surface area contributed by atoms with Gasteiger partial charge in [-0.3, -0.25) is 4.79 Å². The highest BCUT2D eigenvalue weighted by Gasteiger charge is 2.17. The predicted octanol–water partition coefficient (Wildman–Crippen LogP) is 1.79. The number of nitrogens with zero attached hydrogens (tertiary/aromatic N) is 1. The van der Waals surface area contributed by atoms with E-state index in [1.807, 2.05) is 33.9 Å². The summed E-state index contributed by atoms with van der Waals surface area (Å²) in [6.07, 6.45) is 1.66. The summed E-state index contributed by atoms with van der Waals surface area (Å²) in [5, 5.41) is 3.19. The van der Waals surface area contributed by atoms with Crippen molar-refractivity contribution in [2.75, 3.05) is 20.1 Å². The Labute approximate surface area is 103 Å². The summed E-state index contributed by atoms with van der Waals surface area (Å²) in [5.41, 5.74) is 1.07. The van der Waals surface area contributed by atoms with Gasteiger partial charge in [0, 0.05) is 31.6 Å². The Kier molecular flexibility index (Phi) is 5.22. The molecule has 1 unspecified atom stereocenters. The first kappa shape index (κ1) is 13.8. The molecule has 0 aliphatic rings. The van der Waals surface area contributed by atoms with Crippen LogP contribution >= 0.6 is 0 Å². The van der Waals surface area contributed by atoms with Crippen molar-refractivity contribution >= 4 is 5.91 Å². The fourth-order valence-electron chi connectivity index (χ4n) is 1.73. The molecule has 0 spiro atoms. The van der Waals surface area contributed by atoms with Crippen molar-refractivity contribution in [2.24, 2.45) is 5.92 Å². The normalized spacial score (nSPS) is 12.5. The molecule has 1 N–H and O–H groups in total. The van der Waals surface area contributed by atoms with Crippen LogP contribution in [-0.2, 0) is 11.3 Å². The second-order valence-corrected chi connectivity index (χ2v) is 4.41. The highest BCUT2D eigenvalue weighted by Crippen LogP contribution is 2.12. The van der Waals surface area contributed by atoms with Crippen molar-refractivity contribution in [2.45, 2.75) is 27.3 Å². The lowest BCUT2D eigenvalue weighted by Gasteiger charge is -2.21. The standard InChI is InChI=1S/C13H22N2O2/c1-5-14-8-10(2)13(16)15(4)9-12-6-7-17-11(12)3/h6-7,10,14H,5,8-9H2,1-4H3. The SMILES string of the molecule is CCNCC(C)C(=O)N(C)Cc1ccoc1C. The minimum absolute atomic E-state index is 0.00663. The summed E-state index contributed by atoms with van der Waals surface area (Å²) in [4.78, 5) is 13.8. The molecular formula is C13H22N2O2. The fraction of sp³-hybridized carbons (Fsp3) is 0.615. The van der Waals surface area contributed by atoms with Crippen LogP contribution in [0.25, 0.3) is 0 Å². The molecule has 0 aliphatic heterocycles. The largest absolute Gasteiger partial charge is 0.469 e. The zero-order valence-electron chi connectivity index (χ0n) is 11.1. The summed E-state index contributed by atoms with van der Waals surface area (Å²) in [6, 6.07) is 1.91. The Morgan fingerprint density at radius 2 is 2.29 bits per heavy atom. The van der Waals surface area contributed by atoms with E-state index in [0.717, 1.165) is 24.4 Å². The van der Waals surface area contributed by atoms with Crippen molar-refractivity contribution in [3.8, 4) is 0 Å². The van der Waals surface area contributed by atoms with Crippen LogP contribution in [0.4, 0.5) is 0 Å². The van der Waals surface area contributed by atoms with E-state index in [9.17, 15) is 4.79 Å². The lowest BCUT2D eigenvalue weighted by atomic mass is 10.1. The summed E-state index contributed by atoms with van der Waals surface area (Å²) >= 11 is 0. The van der Waals surface area contributed by atoms with Gasteiger partial charge in [-0.2, -0.15) is 0 Å². The molecule has 1 aromatic heterocycles. The van der Waals surface area contributed by atoms with Crippen molar-refractivity contribution in [3.05, 3.63) is 23.7 Å². The van der Waals surface area contributed by atoms with Gasteiger partial charge in [0.15, 0.2) is 0 Å². The van der Waals surface area contributed by atoms with Crippen LogP contribution < -0.4 is 5.32 Å². The quantitative estimate of drug-likeness (QED) is 0.822. The third-order valence-corrected chi connectivity index (χ3v) is 2.87. The molecule has 1 heterocycles. The molecule has 0 aromatic carbocycles. The molecule has 0 saturated carbocycles. The van der Waals surface area contributed by atoms with E-state index in [1.165, 1.54) is 0 Å². The maximum atomic E-state index is 12.0. The van der Waals surface area contributed by atoms with Gasteiger partial charge < -0.3 is 14.6 Å². The van der Waals surface area contributed by atoms with Crippen molar-refractivity contribution < 1.29 is 9.21 Å². The molecule has 1 amide bonds. The van der Waals surface area contributed by atoms with Gasteiger partial charge in [0.25, 0.3) is 0 Å². The second-order valence-electron chi connectivity index (χ2n) is 4.41. The molecule has 4 heteroatoms. The molecule has 0 aliphatic carbocycles. The fourth-order valence-corrected chi connectivity index (χ4v) is 1.73. The first-order valence-corrected chi connectivity index (χ1v) is 6.05. The molecule has 96 valence electrons. The van der Waals surface area contributed by atoms with Crippen LogP contribution in [0.2, 0.25) is 0 Å². The minimum atomic E-state index is 0.00663. The second kappa shape index (κ2) is 6.45. The number of nitrogens with one attached hydrogen (secondary N) is 1. The Hall–Kier alpha value is -1.29. The molecule has 0 saturated heterocycles. The van der Waals surface area contributed by atoms with E-state index in [-0.39, 0.29) is 11.8 Å². The van der Waals surface area contributed by atoms with Gasteiger partial charge >= 0.3 is 0 Å². The Balaban J connectivity index is 2.49. The van der Waals surface area contributed by atoms with Gasteiger partial charge in [0.05, 0.1) is 6.26 Å². The van der Waals surface area contributed by atoms with Crippen molar-refractivity contribution in [3.63, 3.8) is 0 Å². The summed E-state index contributed by atoms with van der Waals surface area (Å²) in [6.45, 7) is 8.12. The monoisotopic (exact) mass is 238 g/mol. The lowest BCUT2D eigenvalue weighted by Crippen LogP contribution is -2.36. The number of aryl methyl sites for hydroxylation is 1. The first-order valence-electron chi connectivity index (χ1n) is 6.05. The smallest absolute Gasteiger partial charge is 0.226 e. The van der Waals surface area contributed by atoms with Crippen LogP contribution in [0, 0.1) is 12.8 Å². The van der Waals surface area contributed by atoms with Crippen molar-refractivity contribution in [1.82, 2.24) is 10.2 Å². The van der Waals surface area contributed by atoms with Gasteiger partial charge in [0.2, 0.25) is 5.91 Å². The number of amides is 1. The minimum Gasteiger partial charge on any atom is -0.469 e. The molecule has 0 bridgehead atoms. The van der Waals surface area contributed by atoms with Gasteiger partial charge in [-0.1, -0.05) is 13.8 Å². The maximum absolute atomic E-state index is 12.0. The van der Waals surface area contributed by atoms with Crippen LogP contribution in [0.5, 0.6) is 0 Å². The van der Waals surface area contributed by atoms with Gasteiger partial charge in [-0.05, 0) is 19.5 Å². The maximum Gasteiger partial charge on any atom is 0.226 e. The van der Waals surface area contributed by atoms with Gasteiger partial charge in [-0.15, -0.1) is 0 Å². The molecular weight excluding hydrogens is 216 g/mol. The predicted molar refractivity (Wildman–Crippen MR) is 67.6 cm³/mol. The summed E-state index contributed by atoms with van der Waals surface area (Å²) in [7, 11) is 1.83. The topological polar surface area (TPSA) is 45.5 Å². The van der Waals surface area contributed by atoms with Crippen LogP contribution in [0.15, 0.2) is 16.7 Å². The van der Waals surface area contributed by atoms with E-state index in [0.29, 0.717) is 6.54 Å². The highest BCUT2D eigenvalue weighted by molar-refractivity contribution is 5.78. The average Bonchev–Trinajstić information content (AvgIpc) is 2.70. The molecule has 0 radical (unpaired) electrons. The van der Waals surface area contributed by atoms with Crippen molar-refractivity contribution in [1.29, 1.82) is 0 Å². The average molecular weight is 238 g/mol. The molecule has 4 nitrogen and oxygen atoms in total. The van der Waals surface area contributed by atoms with E-state index in [1.54, 1.807) is 11.2 Å². The number of hydrogen-bond donors (Lipinski definition) is 1. The zero-order chi connectivity index (χ0) is 12.8. The van der Waals surface area contributed by atoms with E-state index < -0.39 is 0 Å². The summed E-state index contributed by atoms with van der Waals surface area (Å²) in [5.74, 6) is 1.04. The Morgan fingerprint density at radius 1 is 1.59 bits per heavy atom. The van der Waals surface area contributed by atoms with Crippen LogP contribution in [0.3, 0.4) is 0 Å². The molecule has 17 heavy (non-hydrogen) atoms. The number of hydrogen-bond acceptors (Lipinski definition) is 3. The van der Waals surface area contributed by atoms with E-state index in [4.69, 9.17) is 4.42 Å². The number of furan rings is 1. The van der Waals surface area contributed by atoms with Gasteiger partial charge in [0.1, 0.15) is 5.76 Å². The molecule has 1 rings (SSSR count). The number of carbonyl (C=O) groups excluding carboxylic acids is 1. The molecule has 1 aromatic rings. The lowest BCUT2D eigenvalue weighted by molar-refractivity contribution is -0.134.